The molecular formula is C21H23F2N5O4. The normalized spacial score (nSPS) is 11.2. The summed E-state index contributed by atoms with van der Waals surface area (Å²) < 4.78 is 36.5. The van der Waals surface area contributed by atoms with Gasteiger partial charge in [-0.2, -0.15) is 14.1 Å². The molecule has 32 heavy (non-hydrogen) atoms. The number of aliphatic hydroxyl groups excluding tert-OH is 1. The Labute approximate surface area is 182 Å². The quantitative estimate of drug-likeness (QED) is 0.416. The first-order valence-corrected chi connectivity index (χ1v) is 9.97. The van der Waals surface area contributed by atoms with Crippen LogP contribution >= 0.6 is 0 Å². The number of Topliss-reactive ketones (excluding diaryl/α,β-unsaturated/α-hetero) is 1. The third kappa shape index (κ3) is 4.57. The summed E-state index contributed by atoms with van der Waals surface area (Å²) in [7, 11) is 0. The minimum Gasteiger partial charge on any atom is -0.474 e. The van der Waals surface area contributed by atoms with Crippen LogP contribution in [-0.4, -0.2) is 41.3 Å². The lowest BCUT2D eigenvalue weighted by atomic mass is 10.0. The lowest BCUT2D eigenvalue weighted by Gasteiger charge is -2.14. The molecular weight excluding hydrogens is 424 g/mol. The number of pyridine rings is 2. The zero-order valence-corrected chi connectivity index (χ0v) is 18.1. The maximum absolute atomic E-state index is 15.0. The third-order valence-electron chi connectivity index (χ3n) is 4.57. The molecule has 170 valence electrons. The number of nitrogens with zero attached hydrogens (tertiary/aromatic N) is 5. The van der Waals surface area contributed by atoms with Crippen molar-refractivity contribution in [2.24, 2.45) is 0 Å². The van der Waals surface area contributed by atoms with E-state index in [0.717, 1.165) is 10.6 Å². The molecule has 0 saturated carbocycles. The van der Waals surface area contributed by atoms with Crippen molar-refractivity contribution in [1.29, 1.82) is 0 Å². The summed E-state index contributed by atoms with van der Waals surface area (Å²) in [5, 5.41) is 13.4. The van der Waals surface area contributed by atoms with Crippen molar-refractivity contribution < 1.29 is 23.4 Å². The van der Waals surface area contributed by atoms with E-state index in [1.165, 1.54) is 12.3 Å². The van der Waals surface area contributed by atoms with Crippen LogP contribution in [0.2, 0.25) is 0 Å². The van der Waals surface area contributed by atoms with Gasteiger partial charge in [0.15, 0.2) is 23.2 Å². The summed E-state index contributed by atoms with van der Waals surface area (Å²) in [5.41, 5.74) is -0.185. The monoisotopic (exact) mass is 447 g/mol. The van der Waals surface area contributed by atoms with Crippen molar-refractivity contribution in [2.45, 2.75) is 53.4 Å². The molecule has 11 heteroatoms. The molecule has 0 aliphatic carbocycles. The van der Waals surface area contributed by atoms with E-state index in [4.69, 9.17) is 4.74 Å². The van der Waals surface area contributed by atoms with Crippen LogP contribution in [0.25, 0.3) is 5.82 Å². The van der Waals surface area contributed by atoms with Gasteiger partial charge in [0.25, 0.3) is 0 Å². The maximum atomic E-state index is 15.0. The van der Waals surface area contributed by atoms with Crippen LogP contribution in [0.15, 0.2) is 23.1 Å². The molecule has 0 saturated heterocycles. The van der Waals surface area contributed by atoms with Gasteiger partial charge in [0.1, 0.15) is 6.61 Å². The van der Waals surface area contributed by atoms with E-state index in [0.29, 0.717) is 10.2 Å². The first-order chi connectivity index (χ1) is 15.2. The van der Waals surface area contributed by atoms with Crippen molar-refractivity contribution >= 4 is 5.78 Å². The van der Waals surface area contributed by atoms with Crippen LogP contribution in [0.4, 0.5) is 8.78 Å². The van der Waals surface area contributed by atoms with Gasteiger partial charge in [0.05, 0.1) is 11.7 Å². The Balaban J connectivity index is 2.10. The van der Waals surface area contributed by atoms with Gasteiger partial charge in [0.2, 0.25) is 11.8 Å². The molecule has 3 heterocycles. The number of ether oxygens (including phenoxy) is 1. The van der Waals surface area contributed by atoms with Crippen molar-refractivity contribution in [3.63, 3.8) is 0 Å². The number of hydrogen-bond acceptors (Lipinski definition) is 7. The number of aromatic nitrogens is 5. The summed E-state index contributed by atoms with van der Waals surface area (Å²) >= 11 is 0. The molecule has 0 aliphatic rings. The van der Waals surface area contributed by atoms with Crippen LogP contribution in [-0.2, 0) is 19.6 Å². The summed E-state index contributed by atoms with van der Waals surface area (Å²) in [4.78, 5) is 33.1. The number of aliphatic hydroxyl groups is 1. The summed E-state index contributed by atoms with van der Waals surface area (Å²) in [6.07, 6.45) is 0.525. The summed E-state index contributed by atoms with van der Waals surface area (Å²) in [6, 6.07) is 2.37. The molecule has 0 unspecified atom stereocenters. The van der Waals surface area contributed by atoms with Crippen molar-refractivity contribution in [1.82, 2.24) is 24.3 Å². The van der Waals surface area contributed by atoms with E-state index in [2.05, 4.69) is 15.1 Å². The molecule has 0 bridgehead atoms. The Kier molecular flexibility index (Phi) is 6.78. The van der Waals surface area contributed by atoms with Crippen LogP contribution in [0.5, 0.6) is 5.88 Å². The highest BCUT2D eigenvalue weighted by Gasteiger charge is 2.24. The predicted octanol–water partition coefficient (Wildman–Crippen LogP) is 2.14. The molecule has 3 aromatic rings. The molecule has 3 aromatic heterocycles. The molecule has 0 spiro atoms. The highest BCUT2D eigenvalue weighted by atomic mass is 19.1. The Morgan fingerprint density at radius 3 is 2.59 bits per heavy atom. The van der Waals surface area contributed by atoms with Gasteiger partial charge in [0, 0.05) is 24.7 Å². The van der Waals surface area contributed by atoms with Gasteiger partial charge < -0.3 is 9.84 Å². The smallest absolute Gasteiger partial charge is 0.352 e. The van der Waals surface area contributed by atoms with Crippen LogP contribution < -0.4 is 10.4 Å². The second kappa shape index (κ2) is 9.35. The molecule has 0 aliphatic heterocycles. The maximum Gasteiger partial charge on any atom is 0.352 e. The number of carbonyl (C=O) groups excluding carboxylic acids is 1. The van der Waals surface area contributed by atoms with E-state index < -0.39 is 41.8 Å². The molecule has 0 aromatic carbocycles. The fourth-order valence-corrected chi connectivity index (χ4v) is 3.14. The lowest BCUT2D eigenvalue weighted by molar-refractivity contribution is 0.0984. The molecule has 0 amide bonds. The standard InChI is InChI=1S/C21H23F2N5O4/c1-5-27-17(10-29)26-28(21(27)31)19-15(22)8-14(20(25-19)32-11(2)3)16(30)7-13-6-12(4)9-24-18(13)23/h6,8-9,11,29H,5,7,10H2,1-4H3. The molecule has 3 rings (SSSR count). The molecule has 1 N–H and O–H groups in total. The number of ketones is 1. The van der Waals surface area contributed by atoms with Gasteiger partial charge >= 0.3 is 5.69 Å². The number of aryl methyl sites for hydroxylation is 1. The largest absolute Gasteiger partial charge is 0.474 e. The van der Waals surface area contributed by atoms with Crippen molar-refractivity contribution in [2.75, 3.05) is 0 Å². The first-order valence-electron chi connectivity index (χ1n) is 9.97. The van der Waals surface area contributed by atoms with Gasteiger partial charge in [-0.05, 0) is 45.4 Å². The minimum atomic E-state index is -1.00. The highest BCUT2D eigenvalue weighted by molar-refractivity contribution is 5.99. The zero-order valence-electron chi connectivity index (χ0n) is 18.1. The van der Waals surface area contributed by atoms with Crippen molar-refractivity contribution in [3.8, 4) is 11.7 Å². The number of carbonyl (C=O) groups is 1. The van der Waals surface area contributed by atoms with E-state index >= 15 is 0 Å². The fraction of sp³-hybridized carbons (Fsp3) is 0.381. The van der Waals surface area contributed by atoms with Gasteiger partial charge in [-0.25, -0.2) is 14.2 Å². The predicted molar refractivity (Wildman–Crippen MR) is 110 cm³/mol. The van der Waals surface area contributed by atoms with Crippen LogP contribution in [0.3, 0.4) is 0 Å². The zero-order chi connectivity index (χ0) is 23.6. The number of hydrogen-bond donors (Lipinski definition) is 1. The van der Waals surface area contributed by atoms with E-state index in [-0.39, 0.29) is 35.8 Å². The lowest BCUT2D eigenvalue weighted by Crippen LogP contribution is -2.26. The Morgan fingerprint density at radius 1 is 1.28 bits per heavy atom. The molecule has 0 atom stereocenters. The summed E-state index contributed by atoms with van der Waals surface area (Å²) in [5.74, 6) is -3.09. The molecule has 0 fully saturated rings. The van der Waals surface area contributed by atoms with Gasteiger partial charge in [-0.15, -0.1) is 5.10 Å². The van der Waals surface area contributed by atoms with Crippen LogP contribution in [0.1, 0.15) is 48.1 Å². The second-order valence-corrected chi connectivity index (χ2v) is 7.39. The van der Waals surface area contributed by atoms with E-state index in [9.17, 15) is 23.5 Å². The minimum absolute atomic E-state index is 0.0348. The highest BCUT2D eigenvalue weighted by Crippen LogP contribution is 2.24. The molecule has 9 nitrogen and oxygen atoms in total. The van der Waals surface area contributed by atoms with Gasteiger partial charge in [-0.3, -0.25) is 9.36 Å². The number of rotatable bonds is 8. The Bertz CT molecular complexity index is 1220. The average Bonchev–Trinajstić information content (AvgIpc) is 3.06. The average molecular weight is 447 g/mol. The summed E-state index contributed by atoms with van der Waals surface area (Å²) in [6.45, 7) is 6.43. The molecule has 0 radical (unpaired) electrons. The SMILES string of the molecule is CCn1c(CO)nn(-c2nc(OC(C)C)c(C(=O)Cc3cc(C)cnc3F)cc2F)c1=O. The Hall–Kier alpha value is -3.47. The third-order valence-corrected chi connectivity index (χ3v) is 4.57. The van der Waals surface area contributed by atoms with E-state index in [1.54, 1.807) is 27.7 Å². The fourth-order valence-electron chi connectivity index (χ4n) is 3.14. The van der Waals surface area contributed by atoms with Crippen LogP contribution in [0, 0.1) is 18.7 Å². The Morgan fingerprint density at radius 2 is 2.00 bits per heavy atom. The van der Waals surface area contributed by atoms with E-state index in [1.807, 2.05) is 0 Å². The first kappa shape index (κ1) is 23.2. The topological polar surface area (TPSA) is 112 Å². The second-order valence-electron chi connectivity index (χ2n) is 7.39. The number of halogens is 2. The van der Waals surface area contributed by atoms with Gasteiger partial charge in [-0.1, -0.05) is 0 Å². The van der Waals surface area contributed by atoms with Crippen molar-refractivity contribution in [3.05, 3.63) is 63.1 Å².